The van der Waals surface area contributed by atoms with Crippen LogP contribution in [0.2, 0.25) is 5.35 Å². The second-order valence-corrected chi connectivity index (χ2v) is 2.57. The van der Waals surface area contributed by atoms with E-state index in [0.29, 0.717) is 0 Å². The summed E-state index contributed by atoms with van der Waals surface area (Å²) in [5.74, 6) is -0.585. The van der Waals surface area contributed by atoms with E-state index in [-0.39, 0.29) is 22.7 Å². The maximum absolute atomic E-state index is 11.0. The Morgan fingerprint density at radius 3 is 2.92 bits per heavy atom. The van der Waals surface area contributed by atoms with Gasteiger partial charge in [0.15, 0.2) is 5.09 Å². The van der Waals surface area contributed by atoms with Gasteiger partial charge < -0.3 is 9.15 Å². The quantitative estimate of drug-likeness (QED) is 0.594. The zero-order valence-electron chi connectivity index (χ0n) is 6.20. The molecule has 0 aromatic carbocycles. The highest BCUT2D eigenvalue weighted by Crippen LogP contribution is 2.19. The summed E-state index contributed by atoms with van der Waals surface area (Å²) in [6, 6.07) is 0. The molecule has 0 saturated carbocycles. The van der Waals surface area contributed by atoms with E-state index in [1.54, 1.807) is 6.92 Å². The van der Waals surface area contributed by atoms with Gasteiger partial charge in [0.05, 0.1) is 6.61 Å². The van der Waals surface area contributed by atoms with Gasteiger partial charge in [-0.05, 0) is 18.5 Å². The molecule has 12 heavy (non-hydrogen) atoms. The number of aromatic nitrogens is 1. The molecule has 0 spiro atoms. The third kappa shape index (κ3) is 1.92. The Hall–Kier alpha value is -0.680. The fourth-order valence-corrected chi connectivity index (χ4v) is 1.06. The van der Waals surface area contributed by atoms with Gasteiger partial charge in [-0.3, -0.25) is 0 Å². The summed E-state index contributed by atoms with van der Waals surface area (Å²) in [7, 11) is 0. The molecule has 0 atom stereocenters. The molecule has 0 amide bonds. The van der Waals surface area contributed by atoms with Crippen LogP contribution in [0.3, 0.4) is 0 Å². The summed E-state index contributed by atoms with van der Waals surface area (Å²) in [5.41, 5.74) is 0.00480. The number of esters is 1. The molecule has 0 bridgehead atoms. The first-order chi connectivity index (χ1) is 5.65. The van der Waals surface area contributed by atoms with Crippen molar-refractivity contribution in [1.29, 1.82) is 0 Å². The summed E-state index contributed by atoms with van der Waals surface area (Å²) in [6.45, 7) is 1.97. The van der Waals surface area contributed by atoms with Crippen LogP contribution >= 0.6 is 24.2 Å². The van der Waals surface area contributed by atoms with Crippen LogP contribution in [-0.4, -0.2) is 17.6 Å². The number of carbonyl (C=O) groups is 1. The summed E-state index contributed by atoms with van der Waals surface area (Å²) in [5, 5.41) is -0.0542. The molecule has 66 valence electrons. The number of halogens is 1. The van der Waals surface area contributed by atoms with Crippen LogP contribution in [0.4, 0.5) is 0 Å². The van der Waals surface area contributed by atoms with Crippen LogP contribution < -0.4 is 0 Å². The Morgan fingerprint density at radius 1 is 1.83 bits per heavy atom. The van der Waals surface area contributed by atoms with Crippen molar-refractivity contribution in [3.63, 3.8) is 0 Å². The number of rotatable bonds is 2. The predicted octanol–water partition coefficient (Wildman–Crippen LogP) is 1.79. The van der Waals surface area contributed by atoms with E-state index >= 15 is 0 Å². The summed E-state index contributed by atoms with van der Waals surface area (Å²) in [6.07, 6.45) is 0. The first-order valence-electron chi connectivity index (χ1n) is 3.17. The molecule has 1 rings (SSSR count). The van der Waals surface area contributed by atoms with Crippen LogP contribution in [0.1, 0.15) is 17.4 Å². The number of thiol groups is 1. The van der Waals surface area contributed by atoms with Gasteiger partial charge in [-0.15, -0.1) is 12.6 Å². The van der Waals surface area contributed by atoms with Crippen molar-refractivity contribution in [3.8, 4) is 0 Å². The van der Waals surface area contributed by atoms with Crippen LogP contribution in [0.15, 0.2) is 9.51 Å². The lowest BCUT2D eigenvalue weighted by atomic mass is 10.5. The summed E-state index contributed by atoms with van der Waals surface area (Å²) < 4.78 is 9.35. The molecular weight excluding hydrogens is 202 g/mol. The smallest absolute Gasteiger partial charge is 0.361 e. The molecule has 1 aromatic rings. The van der Waals surface area contributed by atoms with Gasteiger partial charge in [-0.2, -0.15) is 4.98 Å². The highest BCUT2D eigenvalue weighted by molar-refractivity contribution is 7.80. The van der Waals surface area contributed by atoms with E-state index in [1.807, 2.05) is 0 Å². The number of nitrogens with zero attached hydrogens (tertiary/aromatic N) is 1. The van der Waals surface area contributed by atoms with Crippen molar-refractivity contribution in [3.05, 3.63) is 11.0 Å². The van der Waals surface area contributed by atoms with Crippen molar-refractivity contribution in [1.82, 2.24) is 4.98 Å². The number of carbonyl (C=O) groups excluding carboxylic acids is 1. The van der Waals surface area contributed by atoms with E-state index in [0.717, 1.165) is 0 Å². The number of ether oxygens (including phenoxy) is 1. The zero-order valence-corrected chi connectivity index (χ0v) is 7.85. The van der Waals surface area contributed by atoms with E-state index in [2.05, 4.69) is 22.3 Å². The molecular formula is C6H6ClNO3S. The number of hydrogen-bond donors (Lipinski definition) is 1. The number of oxazole rings is 1. The monoisotopic (exact) mass is 207 g/mol. The lowest BCUT2D eigenvalue weighted by Crippen LogP contribution is -2.05. The predicted molar refractivity (Wildman–Crippen MR) is 44.7 cm³/mol. The Kier molecular flexibility index (Phi) is 2.99. The Morgan fingerprint density at radius 2 is 2.50 bits per heavy atom. The standard InChI is InChI=1S/C6H6ClNO3S/c1-2-10-4(9)3-5(12)11-6(7)8-3/h12H,2H2,1H3. The first-order valence-corrected chi connectivity index (χ1v) is 4.00. The maximum Gasteiger partial charge on any atom is 0.361 e. The molecule has 0 radical (unpaired) electrons. The van der Waals surface area contributed by atoms with Crippen molar-refractivity contribution in [2.75, 3.05) is 6.61 Å². The molecule has 1 aromatic heterocycles. The average molecular weight is 208 g/mol. The Bertz CT molecular complexity index is 299. The lowest BCUT2D eigenvalue weighted by molar-refractivity contribution is 0.0513. The van der Waals surface area contributed by atoms with Gasteiger partial charge >= 0.3 is 5.97 Å². The minimum atomic E-state index is -0.585. The van der Waals surface area contributed by atoms with Crippen molar-refractivity contribution < 1.29 is 13.9 Å². The SMILES string of the molecule is CCOC(=O)c1nc(Cl)oc1S. The van der Waals surface area contributed by atoms with Gasteiger partial charge in [0.25, 0.3) is 5.35 Å². The largest absolute Gasteiger partial charge is 0.461 e. The van der Waals surface area contributed by atoms with Crippen LogP contribution in [0.5, 0.6) is 0 Å². The molecule has 0 aliphatic rings. The molecule has 4 nitrogen and oxygen atoms in total. The fraction of sp³-hybridized carbons (Fsp3) is 0.333. The van der Waals surface area contributed by atoms with Crippen molar-refractivity contribution >= 4 is 30.2 Å². The normalized spacial score (nSPS) is 9.92. The third-order valence-corrected chi connectivity index (χ3v) is 1.52. The topological polar surface area (TPSA) is 52.3 Å². The van der Waals surface area contributed by atoms with Gasteiger partial charge in [0.2, 0.25) is 5.69 Å². The van der Waals surface area contributed by atoms with E-state index in [1.165, 1.54) is 0 Å². The minimum absolute atomic E-state index is 0.00480. The van der Waals surface area contributed by atoms with Crippen molar-refractivity contribution in [2.45, 2.75) is 12.0 Å². The second kappa shape index (κ2) is 3.82. The van der Waals surface area contributed by atoms with Gasteiger partial charge in [-0.1, -0.05) is 0 Å². The number of hydrogen-bond acceptors (Lipinski definition) is 5. The van der Waals surface area contributed by atoms with E-state index in [4.69, 9.17) is 16.0 Å². The van der Waals surface area contributed by atoms with Gasteiger partial charge in [-0.25, -0.2) is 4.79 Å². The average Bonchev–Trinajstić information content (AvgIpc) is 2.30. The molecule has 0 aliphatic carbocycles. The summed E-state index contributed by atoms with van der Waals surface area (Å²) >= 11 is 9.21. The van der Waals surface area contributed by atoms with Crippen LogP contribution in [-0.2, 0) is 4.74 Å². The van der Waals surface area contributed by atoms with Crippen LogP contribution in [0.25, 0.3) is 0 Å². The highest BCUT2D eigenvalue weighted by Gasteiger charge is 2.17. The first kappa shape index (κ1) is 9.41. The Balaban J connectivity index is 2.87. The van der Waals surface area contributed by atoms with Crippen LogP contribution in [0, 0.1) is 0 Å². The highest BCUT2D eigenvalue weighted by atomic mass is 35.5. The van der Waals surface area contributed by atoms with E-state index in [9.17, 15) is 4.79 Å². The molecule has 0 fully saturated rings. The van der Waals surface area contributed by atoms with Gasteiger partial charge in [0, 0.05) is 0 Å². The molecule has 1 heterocycles. The molecule has 0 N–H and O–H groups in total. The van der Waals surface area contributed by atoms with E-state index < -0.39 is 5.97 Å². The summed E-state index contributed by atoms with van der Waals surface area (Å²) in [4.78, 5) is 14.6. The third-order valence-electron chi connectivity index (χ3n) is 1.05. The molecule has 0 saturated heterocycles. The second-order valence-electron chi connectivity index (χ2n) is 1.84. The maximum atomic E-state index is 11.0. The Labute approximate surface area is 79.3 Å². The minimum Gasteiger partial charge on any atom is -0.461 e. The molecule has 0 unspecified atom stereocenters. The van der Waals surface area contributed by atoms with Crippen molar-refractivity contribution in [2.24, 2.45) is 0 Å². The lowest BCUT2D eigenvalue weighted by Gasteiger charge is -1.95. The van der Waals surface area contributed by atoms with Gasteiger partial charge in [0.1, 0.15) is 0 Å². The fourth-order valence-electron chi connectivity index (χ4n) is 0.619. The molecule has 6 heteroatoms. The zero-order chi connectivity index (χ0) is 9.14. The molecule has 0 aliphatic heterocycles.